The molecule has 0 saturated carbocycles. The summed E-state index contributed by atoms with van der Waals surface area (Å²) in [7, 11) is 0. The second-order valence-electron chi connectivity index (χ2n) is 7.86. The Labute approximate surface area is 183 Å². The van der Waals surface area contributed by atoms with Crippen molar-refractivity contribution in [2.24, 2.45) is 4.99 Å². The van der Waals surface area contributed by atoms with E-state index in [9.17, 15) is 13.6 Å². The van der Waals surface area contributed by atoms with Crippen LogP contribution >= 0.6 is 0 Å². The van der Waals surface area contributed by atoms with Crippen LogP contribution in [0.5, 0.6) is 0 Å². The maximum absolute atomic E-state index is 14.6. The van der Waals surface area contributed by atoms with Crippen molar-refractivity contribution in [3.63, 3.8) is 0 Å². The van der Waals surface area contributed by atoms with E-state index in [1.807, 2.05) is 11.1 Å². The fraction of sp³-hybridized carbons (Fsp3) is 0.261. The molecule has 0 fully saturated rings. The Morgan fingerprint density at radius 3 is 2.84 bits per heavy atom. The molecule has 2 aliphatic heterocycles. The molecule has 0 spiro atoms. The molecule has 5 rings (SSSR count). The summed E-state index contributed by atoms with van der Waals surface area (Å²) in [6.45, 7) is 3.31. The largest absolute Gasteiger partial charge is 0.350 e. The van der Waals surface area contributed by atoms with E-state index in [1.165, 1.54) is 28.8 Å². The van der Waals surface area contributed by atoms with Gasteiger partial charge >= 0.3 is 0 Å². The van der Waals surface area contributed by atoms with Crippen molar-refractivity contribution in [3.8, 4) is 11.5 Å². The van der Waals surface area contributed by atoms with Crippen molar-refractivity contribution in [1.82, 2.24) is 19.7 Å². The van der Waals surface area contributed by atoms with Gasteiger partial charge in [0.1, 0.15) is 17.2 Å². The fourth-order valence-corrected chi connectivity index (χ4v) is 4.02. The highest BCUT2D eigenvalue weighted by Gasteiger charge is 2.25. The van der Waals surface area contributed by atoms with Gasteiger partial charge in [-0.05, 0) is 29.7 Å². The van der Waals surface area contributed by atoms with Gasteiger partial charge in [-0.25, -0.2) is 18.7 Å². The third-order valence-corrected chi connectivity index (χ3v) is 5.69. The van der Waals surface area contributed by atoms with Crippen LogP contribution in [-0.2, 0) is 6.54 Å². The summed E-state index contributed by atoms with van der Waals surface area (Å²) in [6, 6.07) is 7.88. The minimum Gasteiger partial charge on any atom is -0.350 e. The number of carbonyl (C=O) groups is 1. The average Bonchev–Trinajstić information content (AvgIpc) is 3.42. The molecule has 4 heterocycles. The van der Waals surface area contributed by atoms with Gasteiger partial charge < -0.3 is 4.90 Å². The summed E-state index contributed by atoms with van der Waals surface area (Å²) in [4.78, 5) is 26.9. The number of ketones is 1. The maximum atomic E-state index is 14.6. The van der Waals surface area contributed by atoms with Crippen LogP contribution in [0.2, 0.25) is 0 Å². The molecule has 3 aromatic rings. The van der Waals surface area contributed by atoms with E-state index in [2.05, 4.69) is 20.1 Å². The Hall–Kier alpha value is -3.75. The van der Waals surface area contributed by atoms with Gasteiger partial charge in [0.2, 0.25) is 0 Å². The average molecular weight is 434 g/mol. The molecule has 1 aromatic carbocycles. The second kappa shape index (κ2) is 8.07. The van der Waals surface area contributed by atoms with Crippen molar-refractivity contribution in [1.29, 1.82) is 0 Å². The minimum absolute atomic E-state index is 0.0820. The summed E-state index contributed by atoms with van der Waals surface area (Å²) < 4.78 is 30.2. The van der Waals surface area contributed by atoms with Crippen LogP contribution in [0, 0.1) is 11.6 Å². The molecule has 0 N–H and O–H groups in total. The lowest BCUT2D eigenvalue weighted by molar-refractivity contribution is 0.100. The molecule has 0 saturated heterocycles. The standard InChI is InChI=1S/C23H20F2N6O/c1-14(32)21-8-20(29-31(21)13-16-4-2-3-5-18(16)24)22-27-11-19(25)23(28-22)30-7-6-15-9-26-10-17(15)12-30/h2-5,8-9,11H,6-7,10,12-13H2,1H3. The molecule has 7 nitrogen and oxygen atoms in total. The molecule has 0 aliphatic carbocycles. The molecular formula is C23H20F2N6O. The Balaban J connectivity index is 1.48. The first-order valence-electron chi connectivity index (χ1n) is 10.3. The van der Waals surface area contributed by atoms with Crippen molar-refractivity contribution >= 4 is 17.8 Å². The first-order valence-corrected chi connectivity index (χ1v) is 10.3. The van der Waals surface area contributed by atoms with Crippen LogP contribution in [-0.4, -0.2) is 51.4 Å². The number of rotatable bonds is 5. The summed E-state index contributed by atoms with van der Waals surface area (Å²) in [5.41, 5.74) is 3.42. The van der Waals surface area contributed by atoms with E-state index < -0.39 is 5.82 Å². The third-order valence-electron chi connectivity index (χ3n) is 5.69. The molecular weight excluding hydrogens is 414 g/mol. The zero-order valence-corrected chi connectivity index (χ0v) is 17.4. The lowest BCUT2D eigenvalue weighted by Gasteiger charge is -2.29. The number of benzene rings is 1. The van der Waals surface area contributed by atoms with Gasteiger partial charge in [-0.15, -0.1) is 0 Å². The lowest BCUT2D eigenvalue weighted by atomic mass is 10.0. The van der Waals surface area contributed by atoms with E-state index in [4.69, 9.17) is 0 Å². The highest BCUT2D eigenvalue weighted by atomic mass is 19.1. The van der Waals surface area contributed by atoms with Crippen molar-refractivity contribution in [2.75, 3.05) is 24.5 Å². The van der Waals surface area contributed by atoms with Gasteiger partial charge in [-0.2, -0.15) is 5.10 Å². The number of hydrogen-bond acceptors (Lipinski definition) is 6. The summed E-state index contributed by atoms with van der Waals surface area (Å²) in [6.07, 6.45) is 3.79. The summed E-state index contributed by atoms with van der Waals surface area (Å²) in [5.74, 6) is -0.720. The Bertz CT molecular complexity index is 1280. The zero-order valence-electron chi connectivity index (χ0n) is 17.4. The van der Waals surface area contributed by atoms with Crippen LogP contribution in [0.15, 0.2) is 52.7 Å². The molecule has 9 heteroatoms. The number of nitrogens with zero attached hydrogens (tertiary/aromatic N) is 6. The van der Waals surface area contributed by atoms with Crippen LogP contribution in [0.3, 0.4) is 0 Å². The highest BCUT2D eigenvalue weighted by Crippen LogP contribution is 2.28. The Kier molecular flexibility index (Phi) is 5.08. The van der Waals surface area contributed by atoms with Crippen LogP contribution in [0.4, 0.5) is 14.6 Å². The number of carbonyl (C=O) groups excluding carboxylic acids is 1. The number of aliphatic imine (C=N–C) groups is 1. The van der Waals surface area contributed by atoms with Crippen LogP contribution in [0.1, 0.15) is 29.4 Å². The van der Waals surface area contributed by atoms with Crippen LogP contribution < -0.4 is 4.90 Å². The van der Waals surface area contributed by atoms with E-state index in [0.29, 0.717) is 36.6 Å². The number of hydrogen-bond donors (Lipinski definition) is 0. The van der Waals surface area contributed by atoms with Gasteiger partial charge in [0.05, 0.1) is 19.3 Å². The number of aromatic nitrogens is 4. The molecule has 32 heavy (non-hydrogen) atoms. The topological polar surface area (TPSA) is 76.3 Å². The van der Waals surface area contributed by atoms with Gasteiger partial charge in [0.25, 0.3) is 0 Å². The number of Topliss-reactive ketones (excluding diaryl/α,β-unsaturated/α-hetero) is 1. The molecule has 162 valence electrons. The SMILES string of the molecule is CC(=O)c1cc(-c2ncc(F)c(N3CCC4=C(CN=C4)C3)n2)nn1Cc1ccccc1F. The van der Waals surface area contributed by atoms with Gasteiger partial charge in [0, 0.05) is 31.8 Å². The minimum atomic E-state index is -0.519. The highest BCUT2D eigenvalue weighted by molar-refractivity contribution is 5.93. The van der Waals surface area contributed by atoms with Gasteiger partial charge in [-0.3, -0.25) is 14.5 Å². The first-order chi connectivity index (χ1) is 15.5. The number of halogens is 2. The predicted octanol–water partition coefficient (Wildman–Crippen LogP) is 3.46. The summed E-state index contributed by atoms with van der Waals surface area (Å²) in [5, 5.41) is 4.44. The molecule has 0 amide bonds. The Morgan fingerprint density at radius 1 is 1.19 bits per heavy atom. The van der Waals surface area contributed by atoms with Gasteiger partial charge in [-0.1, -0.05) is 18.2 Å². The van der Waals surface area contributed by atoms with Crippen molar-refractivity contribution in [2.45, 2.75) is 19.9 Å². The molecule has 0 atom stereocenters. The van der Waals surface area contributed by atoms with E-state index in [0.717, 1.165) is 12.6 Å². The second-order valence-corrected chi connectivity index (χ2v) is 7.86. The smallest absolute Gasteiger partial charge is 0.183 e. The molecule has 0 unspecified atom stereocenters. The number of anilines is 1. The zero-order chi connectivity index (χ0) is 22.2. The normalized spacial score (nSPS) is 15.4. The monoisotopic (exact) mass is 434 g/mol. The molecule has 0 bridgehead atoms. The maximum Gasteiger partial charge on any atom is 0.183 e. The van der Waals surface area contributed by atoms with E-state index in [1.54, 1.807) is 24.3 Å². The fourth-order valence-electron chi connectivity index (χ4n) is 4.02. The van der Waals surface area contributed by atoms with E-state index in [-0.39, 0.29) is 29.8 Å². The van der Waals surface area contributed by atoms with Crippen molar-refractivity contribution in [3.05, 3.63) is 70.6 Å². The molecule has 2 aromatic heterocycles. The molecule has 0 radical (unpaired) electrons. The van der Waals surface area contributed by atoms with E-state index >= 15 is 0 Å². The third kappa shape index (κ3) is 3.70. The predicted molar refractivity (Wildman–Crippen MR) is 116 cm³/mol. The Morgan fingerprint density at radius 2 is 2.03 bits per heavy atom. The van der Waals surface area contributed by atoms with Gasteiger partial charge in [0.15, 0.2) is 23.2 Å². The summed E-state index contributed by atoms with van der Waals surface area (Å²) >= 11 is 0. The van der Waals surface area contributed by atoms with Crippen LogP contribution in [0.25, 0.3) is 11.5 Å². The quantitative estimate of drug-likeness (QED) is 0.575. The van der Waals surface area contributed by atoms with Crippen molar-refractivity contribution < 1.29 is 13.6 Å². The first kappa shape index (κ1) is 20.2. The molecule has 2 aliphatic rings. The lowest BCUT2D eigenvalue weighted by Crippen LogP contribution is -2.33.